The molecule has 0 aliphatic heterocycles. The summed E-state index contributed by atoms with van der Waals surface area (Å²) in [7, 11) is -3.36. The second-order valence-electron chi connectivity index (χ2n) is 7.89. The van der Waals surface area contributed by atoms with Gasteiger partial charge >= 0.3 is 5.97 Å². The van der Waals surface area contributed by atoms with Crippen molar-refractivity contribution in [2.75, 3.05) is 12.9 Å². The van der Waals surface area contributed by atoms with Crippen LogP contribution in [0.5, 0.6) is 0 Å². The molecule has 1 aromatic heterocycles. The molecule has 1 atom stereocenters. The van der Waals surface area contributed by atoms with Crippen molar-refractivity contribution in [3.8, 4) is 0 Å². The van der Waals surface area contributed by atoms with Gasteiger partial charge in [0, 0.05) is 39.3 Å². The molecule has 1 aliphatic rings. The summed E-state index contributed by atoms with van der Waals surface area (Å²) < 4.78 is 32.6. The normalized spacial score (nSPS) is 15.9. The van der Waals surface area contributed by atoms with Crippen molar-refractivity contribution in [1.29, 1.82) is 0 Å². The van der Waals surface area contributed by atoms with Crippen molar-refractivity contribution in [3.05, 3.63) is 62.7 Å². The molecular formula is C23H23BrClNO4S. The first-order valence-corrected chi connectivity index (χ1v) is 13.2. The number of rotatable bonds is 6. The zero-order chi connectivity index (χ0) is 22.3. The van der Waals surface area contributed by atoms with Crippen LogP contribution in [0, 0.1) is 0 Å². The lowest BCUT2D eigenvalue weighted by Gasteiger charge is -2.17. The molecule has 0 saturated heterocycles. The van der Waals surface area contributed by atoms with E-state index in [1.54, 1.807) is 19.1 Å². The molecule has 0 amide bonds. The number of benzene rings is 2. The van der Waals surface area contributed by atoms with Gasteiger partial charge in [0.15, 0.2) is 9.84 Å². The molecule has 1 aliphatic carbocycles. The van der Waals surface area contributed by atoms with Crippen molar-refractivity contribution in [1.82, 2.24) is 4.57 Å². The smallest absolute Gasteiger partial charge is 0.306 e. The van der Waals surface area contributed by atoms with Crippen LogP contribution in [-0.2, 0) is 32.3 Å². The number of hydrogen-bond donors (Lipinski definition) is 0. The molecule has 31 heavy (non-hydrogen) atoms. The van der Waals surface area contributed by atoms with E-state index in [1.165, 1.54) is 6.26 Å². The Kier molecular flexibility index (Phi) is 6.21. The Morgan fingerprint density at radius 3 is 2.61 bits per heavy atom. The van der Waals surface area contributed by atoms with Crippen LogP contribution in [-0.4, -0.2) is 31.8 Å². The number of aromatic nitrogens is 1. The first-order chi connectivity index (χ1) is 14.7. The number of aryl methyl sites for hydroxylation is 1. The third-order valence-electron chi connectivity index (χ3n) is 5.76. The van der Waals surface area contributed by atoms with E-state index >= 15 is 0 Å². The summed E-state index contributed by atoms with van der Waals surface area (Å²) in [5.41, 5.74) is 4.22. The van der Waals surface area contributed by atoms with Crippen LogP contribution >= 0.6 is 27.5 Å². The van der Waals surface area contributed by atoms with E-state index in [9.17, 15) is 13.2 Å². The summed E-state index contributed by atoms with van der Waals surface area (Å²) in [4.78, 5) is 12.5. The number of esters is 1. The fraction of sp³-hybridized carbons (Fsp3) is 0.348. The topological polar surface area (TPSA) is 65.4 Å². The number of hydrogen-bond acceptors (Lipinski definition) is 4. The molecule has 0 spiro atoms. The number of nitrogens with zero attached hydrogens (tertiary/aromatic N) is 1. The number of sulfone groups is 1. The van der Waals surface area contributed by atoms with E-state index in [0.717, 1.165) is 45.0 Å². The third kappa shape index (κ3) is 4.41. The number of halogens is 2. The van der Waals surface area contributed by atoms with Crippen LogP contribution in [0.4, 0.5) is 0 Å². The van der Waals surface area contributed by atoms with Crippen LogP contribution in [0.3, 0.4) is 0 Å². The highest BCUT2D eigenvalue weighted by molar-refractivity contribution is 9.10. The zero-order valence-corrected chi connectivity index (χ0v) is 20.5. The summed E-state index contributed by atoms with van der Waals surface area (Å²) in [5, 5.41) is 1.59. The average molecular weight is 525 g/mol. The second-order valence-corrected chi connectivity index (χ2v) is 11.2. The van der Waals surface area contributed by atoms with E-state index in [1.807, 2.05) is 24.3 Å². The van der Waals surface area contributed by atoms with Crippen molar-refractivity contribution in [2.45, 2.75) is 43.5 Å². The minimum Gasteiger partial charge on any atom is -0.466 e. The number of ether oxygens (including phenoxy) is 1. The maximum Gasteiger partial charge on any atom is 0.306 e. The fourth-order valence-electron chi connectivity index (χ4n) is 4.46. The molecule has 0 N–H and O–H groups in total. The third-order valence-corrected chi connectivity index (χ3v) is 7.71. The quantitative estimate of drug-likeness (QED) is 0.400. The lowest BCUT2D eigenvalue weighted by molar-refractivity contribution is -0.143. The van der Waals surface area contributed by atoms with Crippen LogP contribution in [0.2, 0.25) is 5.02 Å². The highest BCUT2D eigenvalue weighted by atomic mass is 79.9. The van der Waals surface area contributed by atoms with Crippen LogP contribution < -0.4 is 0 Å². The monoisotopic (exact) mass is 523 g/mol. The Morgan fingerprint density at radius 1 is 1.26 bits per heavy atom. The average Bonchev–Trinajstić information content (AvgIpc) is 3.23. The lowest BCUT2D eigenvalue weighted by atomic mass is 10.0. The first-order valence-electron chi connectivity index (χ1n) is 10.1. The molecular weight excluding hydrogens is 502 g/mol. The molecule has 0 saturated carbocycles. The second kappa shape index (κ2) is 8.60. The van der Waals surface area contributed by atoms with Gasteiger partial charge in [0.1, 0.15) is 0 Å². The van der Waals surface area contributed by atoms with Gasteiger partial charge in [0.05, 0.1) is 23.4 Å². The minimum absolute atomic E-state index is 0.0299. The van der Waals surface area contributed by atoms with Crippen molar-refractivity contribution in [3.63, 3.8) is 0 Å². The van der Waals surface area contributed by atoms with Gasteiger partial charge in [-0.05, 0) is 71.1 Å². The molecule has 0 fully saturated rings. The van der Waals surface area contributed by atoms with Gasteiger partial charge in [-0.3, -0.25) is 4.79 Å². The number of carbonyl (C=O) groups is 1. The maximum atomic E-state index is 12.2. The van der Waals surface area contributed by atoms with Crippen LogP contribution in [0.25, 0.3) is 10.9 Å². The van der Waals surface area contributed by atoms with E-state index in [-0.39, 0.29) is 16.8 Å². The summed E-state index contributed by atoms with van der Waals surface area (Å²) in [6.45, 7) is 2.76. The zero-order valence-electron chi connectivity index (χ0n) is 17.3. The van der Waals surface area contributed by atoms with Gasteiger partial charge in [-0.1, -0.05) is 23.7 Å². The van der Waals surface area contributed by atoms with Crippen molar-refractivity contribution >= 4 is 54.2 Å². The van der Waals surface area contributed by atoms with Gasteiger partial charge in [-0.2, -0.15) is 0 Å². The highest BCUT2D eigenvalue weighted by Crippen LogP contribution is 2.45. The molecule has 2 aromatic carbocycles. The first kappa shape index (κ1) is 22.4. The molecule has 1 unspecified atom stereocenters. The molecule has 4 rings (SSSR count). The summed E-state index contributed by atoms with van der Waals surface area (Å²) in [6.07, 6.45) is 3.16. The SMILES string of the molecule is CCOC(=O)CC1CCc2c1n(Cc1ccc(Cl)cc1)c1c(Br)cc(S(C)(=O)=O)cc21. The number of carbonyl (C=O) groups excluding carboxylic acids is 1. The highest BCUT2D eigenvalue weighted by Gasteiger charge is 2.33. The minimum atomic E-state index is -3.36. The van der Waals surface area contributed by atoms with Crippen molar-refractivity contribution < 1.29 is 17.9 Å². The van der Waals surface area contributed by atoms with Gasteiger partial charge < -0.3 is 9.30 Å². The predicted molar refractivity (Wildman–Crippen MR) is 126 cm³/mol. The molecule has 1 heterocycles. The Morgan fingerprint density at radius 2 is 1.97 bits per heavy atom. The van der Waals surface area contributed by atoms with Crippen molar-refractivity contribution in [2.24, 2.45) is 0 Å². The van der Waals surface area contributed by atoms with Gasteiger partial charge in [0.25, 0.3) is 0 Å². The molecule has 0 bridgehead atoms. The molecule has 164 valence electrons. The molecule has 0 radical (unpaired) electrons. The molecule has 8 heteroatoms. The van der Waals surface area contributed by atoms with Gasteiger partial charge in [-0.15, -0.1) is 0 Å². The van der Waals surface area contributed by atoms with E-state index in [2.05, 4.69) is 20.5 Å². The van der Waals surface area contributed by atoms with Gasteiger partial charge in [-0.25, -0.2) is 8.42 Å². The lowest BCUT2D eigenvalue weighted by Crippen LogP contribution is -2.13. The maximum absolute atomic E-state index is 12.2. The Labute approximate surface area is 195 Å². The van der Waals surface area contributed by atoms with E-state index < -0.39 is 9.84 Å². The van der Waals surface area contributed by atoms with E-state index in [4.69, 9.17) is 16.3 Å². The van der Waals surface area contributed by atoms with Gasteiger partial charge in [0.2, 0.25) is 0 Å². The standard InChI is InChI=1S/C23H23BrClNO4S/c1-3-30-21(27)10-15-6-9-18-19-11-17(31(2,28)29)12-20(24)23(19)26(22(15)18)13-14-4-7-16(25)8-5-14/h4-5,7-8,11-12,15H,3,6,9-10,13H2,1-2H3. The predicted octanol–water partition coefficient (Wildman–Crippen LogP) is 5.49. The summed E-state index contributed by atoms with van der Waals surface area (Å²) in [5.74, 6) is -0.179. The molecule has 3 aromatic rings. The Bertz CT molecular complexity index is 1270. The Balaban J connectivity index is 1.90. The van der Waals surface area contributed by atoms with E-state index in [0.29, 0.717) is 24.6 Å². The fourth-order valence-corrected chi connectivity index (χ4v) is 6.07. The largest absolute Gasteiger partial charge is 0.466 e. The summed E-state index contributed by atoms with van der Waals surface area (Å²) in [6, 6.07) is 11.1. The number of fused-ring (bicyclic) bond motifs is 3. The Hall–Kier alpha value is -1.83. The van der Waals surface area contributed by atoms with Crippen LogP contribution in [0.15, 0.2) is 45.8 Å². The van der Waals surface area contributed by atoms with Crippen LogP contribution in [0.1, 0.15) is 42.5 Å². The summed E-state index contributed by atoms with van der Waals surface area (Å²) >= 11 is 9.67. The molecule has 5 nitrogen and oxygen atoms in total.